The lowest BCUT2D eigenvalue weighted by molar-refractivity contribution is 0.0946. The van der Waals surface area contributed by atoms with Crippen molar-refractivity contribution in [1.82, 2.24) is 20.2 Å². The number of aromatic nitrogens is 2. The molecule has 31 heavy (non-hydrogen) atoms. The zero-order valence-electron chi connectivity index (χ0n) is 18.0. The fraction of sp³-hybridized carbons (Fsp3) is 0.320. The number of nitrogens with one attached hydrogen (secondary N) is 2. The van der Waals surface area contributed by atoms with Crippen molar-refractivity contribution in [3.8, 4) is 11.4 Å². The van der Waals surface area contributed by atoms with Crippen LogP contribution in [0, 0.1) is 6.92 Å². The molecule has 1 aliphatic heterocycles. The van der Waals surface area contributed by atoms with Gasteiger partial charge in [-0.15, -0.1) is 0 Å². The molecule has 1 saturated heterocycles. The van der Waals surface area contributed by atoms with Crippen molar-refractivity contribution >= 4 is 17.4 Å². The topological polar surface area (TPSA) is 70.2 Å². The molecular formula is C25H29N5O. The van der Waals surface area contributed by atoms with Gasteiger partial charge in [-0.2, -0.15) is 0 Å². The van der Waals surface area contributed by atoms with Gasteiger partial charge in [-0.05, 0) is 63.2 Å². The monoisotopic (exact) mass is 415 g/mol. The number of anilines is 2. The van der Waals surface area contributed by atoms with E-state index in [0.29, 0.717) is 23.8 Å². The zero-order chi connectivity index (χ0) is 21.5. The van der Waals surface area contributed by atoms with Crippen molar-refractivity contribution in [2.75, 3.05) is 31.5 Å². The average Bonchev–Trinajstić information content (AvgIpc) is 2.80. The summed E-state index contributed by atoms with van der Waals surface area (Å²) in [7, 11) is 0. The molecule has 0 unspecified atom stereocenters. The molecule has 0 spiro atoms. The van der Waals surface area contributed by atoms with E-state index in [0.717, 1.165) is 30.9 Å². The van der Waals surface area contributed by atoms with Crippen molar-refractivity contribution in [3.63, 3.8) is 0 Å². The summed E-state index contributed by atoms with van der Waals surface area (Å²) in [5.41, 5.74) is 3.60. The number of benzene rings is 2. The summed E-state index contributed by atoms with van der Waals surface area (Å²) in [6.45, 7) is 5.90. The highest BCUT2D eigenvalue weighted by atomic mass is 16.1. The normalized spacial score (nSPS) is 14.2. The van der Waals surface area contributed by atoms with Gasteiger partial charge in [-0.25, -0.2) is 9.97 Å². The number of rotatable bonds is 7. The molecule has 2 N–H and O–H groups in total. The summed E-state index contributed by atoms with van der Waals surface area (Å²) < 4.78 is 0. The molecular weight excluding hydrogens is 386 g/mol. The van der Waals surface area contributed by atoms with Crippen LogP contribution in [0.2, 0.25) is 0 Å². The number of likely N-dealkylation sites (tertiary alicyclic amines) is 1. The summed E-state index contributed by atoms with van der Waals surface area (Å²) in [5.74, 6) is 1.30. The Labute approximate surface area is 183 Å². The zero-order valence-corrected chi connectivity index (χ0v) is 18.0. The Morgan fingerprint density at radius 1 is 1.03 bits per heavy atom. The first-order chi connectivity index (χ1) is 15.2. The smallest absolute Gasteiger partial charge is 0.251 e. The minimum absolute atomic E-state index is 0.0520. The summed E-state index contributed by atoms with van der Waals surface area (Å²) >= 11 is 0. The van der Waals surface area contributed by atoms with Crippen molar-refractivity contribution in [1.29, 1.82) is 0 Å². The fourth-order valence-electron chi connectivity index (χ4n) is 3.85. The number of nitrogens with zero attached hydrogens (tertiary/aromatic N) is 3. The Kier molecular flexibility index (Phi) is 6.89. The summed E-state index contributed by atoms with van der Waals surface area (Å²) in [6.07, 6.45) is 5.58. The lowest BCUT2D eigenvalue weighted by Gasteiger charge is -2.26. The van der Waals surface area contributed by atoms with Gasteiger partial charge in [0, 0.05) is 36.1 Å². The molecule has 6 nitrogen and oxygen atoms in total. The predicted molar refractivity (Wildman–Crippen MR) is 125 cm³/mol. The number of hydrogen-bond acceptors (Lipinski definition) is 5. The highest BCUT2D eigenvalue weighted by molar-refractivity contribution is 5.95. The number of amides is 1. The van der Waals surface area contributed by atoms with Crippen LogP contribution in [0.4, 0.5) is 11.5 Å². The first-order valence-electron chi connectivity index (χ1n) is 11.0. The van der Waals surface area contributed by atoms with Crippen molar-refractivity contribution in [2.24, 2.45) is 0 Å². The summed E-state index contributed by atoms with van der Waals surface area (Å²) in [4.78, 5) is 24.0. The van der Waals surface area contributed by atoms with Crippen LogP contribution in [0.15, 0.2) is 60.8 Å². The molecule has 1 aromatic heterocycles. The Morgan fingerprint density at radius 3 is 2.71 bits per heavy atom. The fourth-order valence-corrected chi connectivity index (χ4v) is 3.85. The highest BCUT2D eigenvalue weighted by Crippen LogP contribution is 2.20. The predicted octanol–water partition coefficient (Wildman–Crippen LogP) is 4.41. The van der Waals surface area contributed by atoms with Gasteiger partial charge in [0.15, 0.2) is 5.82 Å². The van der Waals surface area contributed by atoms with Crippen molar-refractivity contribution in [2.45, 2.75) is 26.2 Å². The van der Waals surface area contributed by atoms with Gasteiger partial charge in [-0.3, -0.25) is 4.79 Å². The molecule has 4 rings (SSSR count). The van der Waals surface area contributed by atoms with Gasteiger partial charge >= 0.3 is 0 Å². The minimum atomic E-state index is -0.0520. The molecule has 0 radical (unpaired) electrons. The Bertz CT molecular complexity index is 1030. The Hall–Kier alpha value is -3.25. The van der Waals surface area contributed by atoms with Crippen LogP contribution in [0.3, 0.4) is 0 Å². The van der Waals surface area contributed by atoms with E-state index in [4.69, 9.17) is 0 Å². The first kappa shape index (κ1) is 21.0. The van der Waals surface area contributed by atoms with Crippen molar-refractivity contribution in [3.05, 3.63) is 71.9 Å². The Morgan fingerprint density at radius 2 is 1.87 bits per heavy atom. The second kappa shape index (κ2) is 10.2. The van der Waals surface area contributed by atoms with Crippen molar-refractivity contribution < 1.29 is 4.79 Å². The second-order valence-electron chi connectivity index (χ2n) is 8.00. The maximum atomic E-state index is 12.6. The van der Waals surface area contributed by atoms with E-state index < -0.39 is 0 Å². The number of piperidine rings is 1. The maximum absolute atomic E-state index is 12.6. The highest BCUT2D eigenvalue weighted by Gasteiger charge is 2.11. The molecule has 1 fully saturated rings. The molecule has 1 amide bonds. The van der Waals surface area contributed by atoms with Crippen LogP contribution in [-0.2, 0) is 0 Å². The van der Waals surface area contributed by atoms with Crippen LogP contribution in [0.5, 0.6) is 0 Å². The van der Waals surface area contributed by atoms with Gasteiger partial charge in [-0.1, -0.05) is 36.2 Å². The van der Waals surface area contributed by atoms with Gasteiger partial charge in [0.05, 0.1) is 0 Å². The lowest BCUT2D eigenvalue weighted by Crippen LogP contribution is -2.37. The number of carbonyl (C=O) groups is 1. The molecule has 6 heteroatoms. The SMILES string of the molecule is Cc1cccc(-c2nccc(Nc3cccc(C(=O)NCCN4CCCCC4)c3)n2)c1. The standard InChI is InChI=1S/C25H29N5O/c1-19-7-5-8-20(17-19)24-26-12-11-23(29-24)28-22-10-6-9-21(18-22)25(31)27-13-16-30-14-3-2-4-15-30/h5-12,17-18H,2-4,13-16H2,1H3,(H,27,31)(H,26,28,29). The number of hydrogen-bond donors (Lipinski definition) is 2. The summed E-state index contributed by atoms with van der Waals surface area (Å²) in [6, 6.07) is 17.4. The van der Waals surface area contributed by atoms with E-state index in [1.165, 1.54) is 24.8 Å². The van der Waals surface area contributed by atoms with Crippen LogP contribution in [-0.4, -0.2) is 47.0 Å². The van der Waals surface area contributed by atoms with Crippen LogP contribution in [0.1, 0.15) is 35.2 Å². The molecule has 1 aliphatic rings. The molecule has 2 heterocycles. The third kappa shape index (κ3) is 5.89. The van der Waals surface area contributed by atoms with E-state index in [1.54, 1.807) is 6.20 Å². The van der Waals surface area contributed by atoms with Gasteiger partial charge in [0.1, 0.15) is 5.82 Å². The average molecular weight is 416 g/mol. The lowest BCUT2D eigenvalue weighted by atomic mass is 10.1. The molecule has 0 saturated carbocycles. The van der Waals surface area contributed by atoms with E-state index in [-0.39, 0.29) is 5.91 Å². The quantitative estimate of drug-likeness (QED) is 0.598. The molecule has 0 atom stereocenters. The van der Waals surface area contributed by atoms with E-state index in [2.05, 4.69) is 44.6 Å². The molecule has 3 aromatic rings. The molecule has 160 valence electrons. The largest absolute Gasteiger partial charge is 0.351 e. The third-order valence-corrected chi connectivity index (χ3v) is 5.49. The number of aryl methyl sites for hydroxylation is 1. The molecule has 0 aliphatic carbocycles. The number of carbonyl (C=O) groups excluding carboxylic acids is 1. The maximum Gasteiger partial charge on any atom is 0.251 e. The minimum Gasteiger partial charge on any atom is -0.351 e. The first-order valence-corrected chi connectivity index (χ1v) is 11.0. The third-order valence-electron chi connectivity index (χ3n) is 5.49. The van der Waals surface area contributed by atoms with Gasteiger partial charge < -0.3 is 15.5 Å². The summed E-state index contributed by atoms with van der Waals surface area (Å²) in [5, 5.41) is 6.33. The van der Waals surface area contributed by atoms with E-state index >= 15 is 0 Å². The van der Waals surface area contributed by atoms with Crippen LogP contribution in [0.25, 0.3) is 11.4 Å². The second-order valence-corrected chi connectivity index (χ2v) is 8.00. The van der Waals surface area contributed by atoms with Crippen LogP contribution < -0.4 is 10.6 Å². The van der Waals surface area contributed by atoms with E-state index in [9.17, 15) is 4.79 Å². The molecule has 2 aromatic carbocycles. The van der Waals surface area contributed by atoms with Crippen LogP contribution >= 0.6 is 0 Å². The van der Waals surface area contributed by atoms with Gasteiger partial charge in [0.2, 0.25) is 0 Å². The van der Waals surface area contributed by atoms with Gasteiger partial charge in [0.25, 0.3) is 5.91 Å². The Balaban J connectivity index is 1.38. The van der Waals surface area contributed by atoms with E-state index in [1.807, 2.05) is 42.5 Å². The molecule has 0 bridgehead atoms.